The number of hydrogen-bond donors (Lipinski definition) is 3. The highest BCUT2D eigenvalue weighted by atomic mass is 16.7. The maximum absolute atomic E-state index is 14.0. The minimum absolute atomic E-state index is 0.00209. The third kappa shape index (κ3) is 5.42. The van der Waals surface area contributed by atoms with Gasteiger partial charge in [-0.15, -0.1) is 0 Å². The number of benzene rings is 1. The highest BCUT2D eigenvalue weighted by Gasteiger charge is 2.64. The lowest BCUT2D eigenvalue weighted by atomic mass is 9.45. The molecule has 0 amide bonds. The average molecular weight is 596 g/mol. The monoisotopic (exact) mass is 595 g/mol. The summed E-state index contributed by atoms with van der Waals surface area (Å²) < 4.78 is 18.2. The summed E-state index contributed by atoms with van der Waals surface area (Å²) in [7, 11) is 0. The van der Waals surface area contributed by atoms with Crippen LogP contribution in [0.25, 0.3) is 0 Å². The number of carbonyl (C=O) groups is 3. The fraction of sp³-hybridized carbons (Fsp3) is 0.676. The van der Waals surface area contributed by atoms with Crippen LogP contribution in [0.3, 0.4) is 0 Å². The standard InChI is InChI=1S/C34H45NO8/c1-18(2)12-20-8-9-22-21-10-11-24-23-15-41-17-34(24,25(21)13-27(36)30(22)29(20)32(37)38)14-28(43-33(39)40)31(23)42-16-26(35)19-6-4-3-5-7-19/h3-7,13,18,20-24,26,28-31H,8-12,14-17,35H2,1-2H3,(H,37,38)(H,39,40)/t20?,21?,22?,23?,24?,26?,28-,29-,30?,31-,34-/m1/s1. The minimum Gasteiger partial charge on any atom is -0.481 e. The molecule has 1 saturated heterocycles. The van der Waals surface area contributed by atoms with Crippen molar-refractivity contribution in [3.63, 3.8) is 0 Å². The maximum atomic E-state index is 14.0. The van der Waals surface area contributed by atoms with Gasteiger partial charge >= 0.3 is 12.1 Å². The van der Waals surface area contributed by atoms with Crippen molar-refractivity contribution in [1.82, 2.24) is 0 Å². The highest BCUT2D eigenvalue weighted by molar-refractivity contribution is 5.97. The number of fused-ring (bicyclic) bond motifs is 3. The van der Waals surface area contributed by atoms with Crippen LogP contribution in [-0.4, -0.2) is 60.1 Å². The Balaban J connectivity index is 1.30. The fourth-order valence-electron chi connectivity index (χ4n) is 9.90. The summed E-state index contributed by atoms with van der Waals surface area (Å²) in [6.45, 7) is 5.25. The number of carboxylic acid groups (broad SMARTS) is 2. The zero-order valence-corrected chi connectivity index (χ0v) is 25.1. The first-order valence-corrected chi connectivity index (χ1v) is 16.0. The van der Waals surface area contributed by atoms with Crippen molar-refractivity contribution in [3.05, 3.63) is 47.5 Å². The number of allylic oxidation sites excluding steroid dienone is 1. The number of aliphatic carboxylic acids is 1. The maximum Gasteiger partial charge on any atom is 0.506 e. The van der Waals surface area contributed by atoms with Gasteiger partial charge in [0.05, 0.1) is 37.9 Å². The Labute approximate surface area is 253 Å². The molecule has 3 saturated carbocycles. The van der Waals surface area contributed by atoms with Crippen molar-refractivity contribution in [2.45, 2.75) is 70.6 Å². The van der Waals surface area contributed by atoms with Crippen molar-refractivity contribution in [3.8, 4) is 0 Å². The van der Waals surface area contributed by atoms with E-state index in [0.717, 1.165) is 43.2 Å². The summed E-state index contributed by atoms with van der Waals surface area (Å²) in [5.74, 6) is -1.67. The lowest BCUT2D eigenvalue weighted by Crippen LogP contribution is -2.64. The zero-order chi connectivity index (χ0) is 30.5. The van der Waals surface area contributed by atoms with E-state index in [1.807, 2.05) is 30.3 Å². The SMILES string of the molecule is CC(C)CC1CCC2C3CCC4C5COC[C@@]4(C[C@@H](OC(=O)O)[C@@H]5OCC(N)c4ccccc4)C3=CC(=O)C2[C@@H]1C(=O)O. The molecule has 4 fully saturated rings. The van der Waals surface area contributed by atoms with E-state index in [-0.39, 0.29) is 48.0 Å². The molecule has 6 rings (SSSR count). The molecular formula is C34H45NO8. The van der Waals surface area contributed by atoms with Gasteiger partial charge in [0.2, 0.25) is 0 Å². The van der Waals surface area contributed by atoms with Gasteiger partial charge in [-0.3, -0.25) is 9.59 Å². The molecule has 7 unspecified atom stereocenters. The van der Waals surface area contributed by atoms with E-state index in [2.05, 4.69) is 13.8 Å². The molecule has 0 aromatic heterocycles. The Kier molecular flexibility index (Phi) is 8.43. The molecule has 0 spiro atoms. The lowest BCUT2D eigenvalue weighted by molar-refractivity contribution is -0.218. The van der Waals surface area contributed by atoms with E-state index in [1.165, 1.54) is 0 Å². The number of hydrogen-bond acceptors (Lipinski definition) is 7. The normalized spacial score (nSPS) is 39.1. The van der Waals surface area contributed by atoms with E-state index in [4.69, 9.17) is 19.9 Å². The first-order valence-electron chi connectivity index (χ1n) is 16.0. The second-order valence-corrected chi connectivity index (χ2v) is 14.1. The Morgan fingerprint density at radius 2 is 1.86 bits per heavy atom. The molecule has 0 radical (unpaired) electrons. The number of nitrogens with two attached hydrogens (primary N) is 1. The van der Waals surface area contributed by atoms with Crippen LogP contribution >= 0.6 is 0 Å². The number of ketones is 1. The van der Waals surface area contributed by atoms with Crippen molar-refractivity contribution < 1.29 is 38.8 Å². The number of carboxylic acids is 1. The Morgan fingerprint density at radius 1 is 1.09 bits per heavy atom. The van der Waals surface area contributed by atoms with Gasteiger partial charge in [-0.25, -0.2) is 4.79 Å². The van der Waals surface area contributed by atoms with Gasteiger partial charge < -0.3 is 30.2 Å². The van der Waals surface area contributed by atoms with Crippen LogP contribution in [0.2, 0.25) is 0 Å². The third-order valence-electron chi connectivity index (χ3n) is 11.4. The molecule has 1 aromatic carbocycles. The van der Waals surface area contributed by atoms with Gasteiger partial charge in [0.25, 0.3) is 0 Å². The van der Waals surface area contributed by atoms with Crippen molar-refractivity contribution >= 4 is 17.9 Å². The predicted molar refractivity (Wildman–Crippen MR) is 157 cm³/mol. The minimum atomic E-state index is -1.35. The molecule has 2 bridgehead atoms. The van der Waals surface area contributed by atoms with Crippen molar-refractivity contribution in [2.24, 2.45) is 58.5 Å². The van der Waals surface area contributed by atoms with Gasteiger partial charge in [0.15, 0.2) is 5.78 Å². The van der Waals surface area contributed by atoms with E-state index in [9.17, 15) is 24.6 Å². The summed E-state index contributed by atoms with van der Waals surface area (Å²) in [4.78, 5) is 38.5. The molecular weight excluding hydrogens is 550 g/mol. The summed E-state index contributed by atoms with van der Waals surface area (Å²) in [5, 5.41) is 20.1. The quantitative estimate of drug-likeness (QED) is 0.350. The van der Waals surface area contributed by atoms with E-state index in [0.29, 0.717) is 25.6 Å². The third-order valence-corrected chi connectivity index (χ3v) is 11.4. The molecule has 1 aliphatic heterocycles. The fourth-order valence-corrected chi connectivity index (χ4v) is 9.90. The average Bonchev–Trinajstić information content (AvgIpc) is 2.96. The molecule has 1 heterocycles. The van der Waals surface area contributed by atoms with E-state index in [1.54, 1.807) is 6.08 Å². The van der Waals surface area contributed by atoms with E-state index < -0.39 is 41.6 Å². The van der Waals surface area contributed by atoms with Gasteiger partial charge in [-0.1, -0.05) is 49.8 Å². The second kappa shape index (κ2) is 12.0. The smallest absolute Gasteiger partial charge is 0.481 e. The first-order chi connectivity index (χ1) is 20.6. The first kappa shape index (κ1) is 30.3. The summed E-state index contributed by atoms with van der Waals surface area (Å²) in [6, 6.07) is 9.29. The van der Waals surface area contributed by atoms with E-state index >= 15 is 0 Å². The molecule has 1 aromatic rings. The number of ether oxygens (including phenoxy) is 3. The van der Waals surface area contributed by atoms with Crippen LogP contribution < -0.4 is 5.73 Å². The number of carbonyl (C=O) groups excluding carboxylic acids is 1. The van der Waals surface area contributed by atoms with Crippen LogP contribution in [0, 0.1) is 52.8 Å². The second-order valence-electron chi connectivity index (χ2n) is 14.1. The molecule has 9 nitrogen and oxygen atoms in total. The molecule has 4 aliphatic carbocycles. The van der Waals surface area contributed by atoms with Gasteiger partial charge in [-0.2, -0.15) is 0 Å². The predicted octanol–water partition coefficient (Wildman–Crippen LogP) is 5.10. The van der Waals surface area contributed by atoms with Crippen LogP contribution in [0.5, 0.6) is 0 Å². The molecule has 11 atom stereocenters. The van der Waals surface area contributed by atoms with Gasteiger partial charge in [0, 0.05) is 17.3 Å². The molecule has 4 N–H and O–H groups in total. The Morgan fingerprint density at radius 3 is 2.56 bits per heavy atom. The highest BCUT2D eigenvalue weighted by Crippen LogP contribution is 2.64. The molecule has 5 aliphatic rings. The zero-order valence-electron chi connectivity index (χ0n) is 25.1. The van der Waals surface area contributed by atoms with Crippen LogP contribution in [0.4, 0.5) is 4.79 Å². The summed E-state index contributed by atoms with van der Waals surface area (Å²) in [5.41, 5.74) is 7.88. The summed E-state index contributed by atoms with van der Waals surface area (Å²) >= 11 is 0. The molecule has 43 heavy (non-hydrogen) atoms. The lowest BCUT2D eigenvalue weighted by Gasteiger charge is -2.62. The molecule has 234 valence electrons. The van der Waals surface area contributed by atoms with Crippen LogP contribution in [0.15, 0.2) is 42.0 Å². The summed E-state index contributed by atoms with van der Waals surface area (Å²) in [6.07, 6.45) is 3.75. The topological polar surface area (TPSA) is 145 Å². The largest absolute Gasteiger partial charge is 0.506 e. The van der Waals surface area contributed by atoms with Crippen molar-refractivity contribution in [1.29, 1.82) is 0 Å². The van der Waals surface area contributed by atoms with Gasteiger partial charge in [-0.05, 0) is 79.8 Å². The van der Waals surface area contributed by atoms with Crippen LogP contribution in [-0.2, 0) is 23.8 Å². The molecule has 9 heteroatoms. The Hall–Kier alpha value is -2.75. The number of rotatable bonds is 8. The van der Waals surface area contributed by atoms with Crippen LogP contribution in [0.1, 0.15) is 64.0 Å². The van der Waals surface area contributed by atoms with Gasteiger partial charge in [0.1, 0.15) is 6.10 Å². The van der Waals surface area contributed by atoms with Crippen molar-refractivity contribution in [2.75, 3.05) is 19.8 Å². The Bertz CT molecular complexity index is 1250.